The SMILES string of the molecule is CCOC(=O)CN1[SiH2]CC(C)(C)[Si]1(C)C. The van der Waals surface area contributed by atoms with Gasteiger partial charge in [0.1, 0.15) is 8.24 Å². The van der Waals surface area contributed by atoms with Gasteiger partial charge in [0.25, 0.3) is 0 Å². The minimum absolute atomic E-state index is 0.0386. The number of carbonyl (C=O) groups excluding carboxylic acids is 1. The second-order valence-electron chi connectivity index (χ2n) is 5.42. The summed E-state index contributed by atoms with van der Waals surface area (Å²) in [4.78, 5) is 11.5. The molecule has 1 aliphatic rings. The van der Waals surface area contributed by atoms with Gasteiger partial charge in [0, 0.05) is 0 Å². The summed E-state index contributed by atoms with van der Waals surface area (Å²) in [5.74, 6) is -0.0386. The van der Waals surface area contributed by atoms with Crippen LogP contribution < -0.4 is 0 Å². The quantitative estimate of drug-likeness (QED) is 0.555. The molecule has 0 aromatic carbocycles. The standard InChI is InChI=1S/C10H23NO2Si2/c1-6-13-9(12)7-11-14-8-10(2,3)15(11,4)5/h6-8,14H2,1-5H3. The van der Waals surface area contributed by atoms with Crippen LogP contribution in [0.5, 0.6) is 0 Å². The van der Waals surface area contributed by atoms with E-state index in [2.05, 4.69) is 31.2 Å². The third-order valence-electron chi connectivity index (χ3n) is 4.08. The Balaban J connectivity index is 2.62. The van der Waals surface area contributed by atoms with E-state index in [4.69, 9.17) is 4.74 Å². The van der Waals surface area contributed by atoms with Gasteiger partial charge in [0.05, 0.1) is 22.8 Å². The molecular formula is C10H23NO2Si2. The van der Waals surface area contributed by atoms with Crippen LogP contribution in [0.2, 0.25) is 24.2 Å². The van der Waals surface area contributed by atoms with E-state index in [-0.39, 0.29) is 15.7 Å². The molecule has 0 saturated carbocycles. The monoisotopic (exact) mass is 245 g/mol. The molecular weight excluding hydrogens is 222 g/mol. The fourth-order valence-electron chi connectivity index (χ4n) is 2.07. The molecule has 15 heavy (non-hydrogen) atoms. The molecule has 0 N–H and O–H groups in total. The maximum Gasteiger partial charge on any atom is 0.318 e. The van der Waals surface area contributed by atoms with E-state index in [1.165, 1.54) is 6.04 Å². The fraction of sp³-hybridized carbons (Fsp3) is 0.900. The Bertz CT molecular complexity index is 254. The van der Waals surface area contributed by atoms with Crippen LogP contribution in [-0.2, 0) is 9.53 Å². The highest BCUT2D eigenvalue weighted by Gasteiger charge is 2.49. The number of ether oxygens (including phenoxy) is 1. The van der Waals surface area contributed by atoms with Gasteiger partial charge < -0.3 is 8.97 Å². The summed E-state index contributed by atoms with van der Waals surface area (Å²) in [5.41, 5.74) is 0. The predicted molar refractivity (Wildman–Crippen MR) is 68.2 cm³/mol. The lowest BCUT2D eigenvalue weighted by molar-refractivity contribution is -0.142. The highest BCUT2D eigenvalue weighted by Crippen LogP contribution is 2.47. The Morgan fingerprint density at radius 2 is 2.13 bits per heavy atom. The van der Waals surface area contributed by atoms with E-state index in [1.807, 2.05) is 6.92 Å². The van der Waals surface area contributed by atoms with Gasteiger partial charge in [-0.2, -0.15) is 0 Å². The number of hydrogen-bond acceptors (Lipinski definition) is 3. The molecule has 0 aromatic rings. The molecule has 1 rings (SSSR count). The van der Waals surface area contributed by atoms with Crippen LogP contribution in [0.4, 0.5) is 0 Å². The van der Waals surface area contributed by atoms with Crippen molar-refractivity contribution >= 4 is 23.9 Å². The van der Waals surface area contributed by atoms with Crippen LogP contribution in [0.25, 0.3) is 0 Å². The van der Waals surface area contributed by atoms with Crippen molar-refractivity contribution < 1.29 is 9.53 Å². The fourth-order valence-corrected chi connectivity index (χ4v) is 11.3. The van der Waals surface area contributed by atoms with E-state index in [9.17, 15) is 4.79 Å². The normalized spacial score (nSPS) is 25.7. The first-order chi connectivity index (χ1) is 6.81. The molecule has 0 bridgehead atoms. The summed E-state index contributed by atoms with van der Waals surface area (Å²) in [5, 5.41) is 0.464. The number of esters is 1. The van der Waals surface area contributed by atoms with Crippen LogP contribution in [0.3, 0.4) is 0 Å². The number of nitrogens with zero attached hydrogens (tertiary/aromatic N) is 1. The second kappa shape index (κ2) is 4.39. The Hall–Kier alpha value is -0.136. The van der Waals surface area contributed by atoms with Gasteiger partial charge in [-0.25, -0.2) is 0 Å². The molecule has 0 radical (unpaired) electrons. The highest BCUT2D eigenvalue weighted by atomic mass is 28.4. The lowest BCUT2D eigenvalue weighted by atomic mass is 10.2. The maximum absolute atomic E-state index is 11.5. The minimum atomic E-state index is -1.39. The highest BCUT2D eigenvalue weighted by molar-refractivity contribution is 6.86. The Kier molecular flexibility index (Phi) is 3.78. The van der Waals surface area contributed by atoms with Crippen molar-refractivity contribution in [3.8, 4) is 0 Å². The first-order valence-electron chi connectivity index (χ1n) is 5.72. The molecule has 1 heterocycles. The number of carbonyl (C=O) groups is 1. The molecule has 1 fully saturated rings. The first kappa shape index (κ1) is 12.9. The van der Waals surface area contributed by atoms with Crippen LogP contribution in [0.15, 0.2) is 0 Å². The van der Waals surface area contributed by atoms with Gasteiger partial charge in [0.15, 0.2) is 0 Å². The van der Waals surface area contributed by atoms with E-state index in [0.29, 0.717) is 18.2 Å². The molecule has 0 unspecified atom stereocenters. The maximum atomic E-state index is 11.5. The second-order valence-corrected chi connectivity index (χ2v) is 12.9. The van der Waals surface area contributed by atoms with E-state index < -0.39 is 8.24 Å². The van der Waals surface area contributed by atoms with Crippen molar-refractivity contribution in [2.75, 3.05) is 13.2 Å². The zero-order valence-electron chi connectivity index (χ0n) is 10.6. The Labute approximate surface area is 96.2 Å². The van der Waals surface area contributed by atoms with Gasteiger partial charge in [-0.1, -0.05) is 26.9 Å². The summed E-state index contributed by atoms with van der Waals surface area (Å²) >= 11 is 0. The van der Waals surface area contributed by atoms with Crippen molar-refractivity contribution in [3.63, 3.8) is 0 Å². The molecule has 88 valence electrons. The average Bonchev–Trinajstić information content (AvgIpc) is 2.29. The summed E-state index contributed by atoms with van der Waals surface area (Å²) in [7, 11) is -1.61. The first-order valence-corrected chi connectivity index (χ1v) is 10.3. The average molecular weight is 245 g/mol. The Morgan fingerprint density at radius 3 is 2.53 bits per heavy atom. The largest absolute Gasteiger partial charge is 0.465 e. The van der Waals surface area contributed by atoms with Gasteiger partial charge in [-0.15, -0.1) is 0 Å². The van der Waals surface area contributed by atoms with E-state index in [1.54, 1.807) is 0 Å². The Morgan fingerprint density at radius 1 is 1.53 bits per heavy atom. The molecule has 5 heteroatoms. The summed E-state index contributed by atoms with van der Waals surface area (Å²) in [6.07, 6.45) is 0. The van der Waals surface area contributed by atoms with Gasteiger partial charge in [0.2, 0.25) is 0 Å². The lowest BCUT2D eigenvalue weighted by Gasteiger charge is -2.38. The van der Waals surface area contributed by atoms with E-state index in [0.717, 1.165) is 0 Å². The molecule has 0 spiro atoms. The van der Waals surface area contributed by atoms with Crippen LogP contribution in [0.1, 0.15) is 20.8 Å². The van der Waals surface area contributed by atoms with Gasteiger partial charge in [-0.3, -0.25) is 4.79 Å². The van der Waals surface area contributed by atoms with Crippen molar-refractivity contribution in [1.82, 2.24) is 4.23 Å². The third kappa shape index (κ3) is 2.51. The third-order valence-corrected chi connectivity index (χ3v) is 15.2. The van der Waals surface area contributed by atoms with Crippen LogP contribution in [-0.4, -0.2) is 41.3 Å². The van der Waals surface area contributed by atoms with Gasteiger partial charge >= 0.3 is 5.97 Å². The molecule has 0 aromatic heterocycles. The van der Waals surface area contributed by atoms with Crippen LogP contribution >= 0.6 is 0 Å². The minimum Gasteiger partial charge on any atom is -0.465 e. The zero-order chi connectivity index (χ0) is 11.7. The molecule has 0 aliphatic carbocycles. The molecule has 0 amide bonds. The van der Waals surface area contributed by atoms with Gasteiger partial charge in [-0.05, 0) is 18.0 Å². The molecule has 0 atom stereocenters. The van der Waals surface area contributed by atoms with E-state index >= 15 is 0 Å². The van der Waals surface area contributed by atoms with Crippen LogP contribution in [0, 0.1) is 0 Å². The smallest absolute Gasteiger partial charge is 0.318 e. The topological polar surface area (TPSA) is 29.5 Å². The molecule has 3 nitrogen and oxygen atoms in total. The summed E-state index contributed by atoms with van der Waals surface area (Å²) in [6.45, 7) is 12.4. The zero-order valence-corrected chi connectivity index (χ0v) is 13.0. The summed E-state index contributed by atoms with van der Waals surface area (Å²) < 4.78 is 7.53. The molecule has 1 saturated heterocycles. The van der Waals surface area contributed by atoms with Crippen molar-refractivity contribution in [1.29, 1.82) is 0 Å². The lowest BCUT2D eigenvalue weighted by Crippen LogP contribution is -2.51. The van der Waals surface area contributed by atoms with Crippen molar-refractivity contribution in [3.05, 3.63) is 0 Å². The summed E-state index contributed by atoms with van der Waals surface area (Å²) in [6, 6.07) is 1.34. The molecule has 1 aliphatic heterocycles. The number of rotatable bonds is 3. The van der Waals surface area contributed by atoms with Crippen molar-refractivity contribution in [2.45, 2.75) is 44.9 Å². The predicted octanol–water partition coefficient (Wildman–Crippen LogP) is 1.35. The van der Waals surface area contributed by atoms with Crippen molar-refractivity contribution in [2.24, 2.45) is 0 Å². The number of hydrogen-bond donors (Lipinski definition) is 0.